The highest BCUT2D eigenvalue weighted by Crippen LogP contribution is 2.14. The monoisotopic (exact) mass is 308 g/mol. The number of methoxy groups -OCH3 is 1. The predicted octanol–water partition coefficient (Wildman–Crippen LogP) is 5.37. The first-order valence-corrected chi connectivity index (χ1v) is 8.78. The van der Waals surface area contributed by atoms with Crippen molar-refractivity contribution in [1.29, 1.82) is 0 Å². The van der Waals surface area contributed by atoms with Gasteiger partial charge in [0.05, 0.1) is 6.10 Å². The Morgan fingerprint density at radius 3 is 2.55 bits per heavy atom. The summed E-state index contributed by atoms with van der Waals surface area (Å²) in [6, 6.07) is 0. The van der Waals surface area contributed by atoms with Gasteiger partial charge >= 0.3 is 0 Å². The first-order chi connectivity index (χ1) is 10.7. The summed E-state index contributed by atoms with van der Waals surface area (Å²) < 4.78 is 5.47. The van der Waals surface area contributed by atoms with E-state index in [1.54, 1.807) is 7.11 Å². The van der Waals surface area contributed by atoms with Crippen LogP contribution in [0.25, 0.3) is 0 Å². The number of hydrazone groups is 1. The second-order valence-electron chi connectivity index (χ2n) is 5.98. The molecule has 0 saturated carbocycles. The highest BCUT2D eigenvalue weighted by molar-refractivity contribution is 5.84. The summed E-state index contributed by atoms with van der Waals surface area (Å²) in [6.45, 7) is 6.44. The van der Waals surface area contributed by atoms with Gasteiger partial charge < -0.3 is 10.6 Å². The van der Waals surface area contributed by atoms with Gasteiger partial charge in [0.15, 0.2) is 0 Å². The smallest absolute Gasteiger partial charge is 0.0755 e. The Hall–Kier alpha value is -1.09. The summed E-state index contributed by atoms with van der Waals surface area (Å²) >= 11 is 0. The van der Waals surface area contributed by atoms with Gasteiger partial charge in [-0.25, -0.2) is 0 Å². The maximum Gasteiger partial charge on any atom is 0.0755 e. The molecular formula is C19H36N2O. The summed E-state index contributed by atoms with van der Waals surface area (Å²) in [5.41, 5.74) is 2.58. The highest BCUT2D eigenvalue weighted by Gasteiger charge is 2.04. The molecule has 0 bridgehead atoms. The molecule has 2 N–H and O–H groups in total. The van der Waals surface area contributed by atoms with E-state index in [0.717, 1.165) is 44.2 Å². The Morgan fingerprint density at radius 1 is 1.18 bits per heavy atom. The van der Waals surface area contributed by atoms with Crippen LogP contribution in [0.2, 0.25) is 0 Å². The summed E-state index contributed by atoms with van der Waals surface area (Å²) in [4.78, 5) is 0. The van der Waals surface area contributed by atoms with Crippen LogP contribution in [0, 0.1) is 0 Å². The molecule has 0 amide bonds. The molecule has 3 nitrogen and oxygen atoms in total. The number of allylic oxidation sites excluding steroid dienone is 3. The second-order valence-corrected chi connectivity index (χ2v) is 5.98. The van der Waals surface area contributed by atoms with Gasteiger partial charge in [-0.2, -0.15) is 5.10 Å². The van der Waals surface area contributed by atoms with Gasteiger partial charge in [0.25, 0.3) is 0 Å². The summed E-state index contributed by atoms with van der Waals surface area (Å²) in [5.74, 6) is 5.46. The number of hydrogen-bond donors (Lipinski definition) is 1. The first kappa shape index (κ1) is 20.9. The van der Waals surface area contributed by atoms with Crippen LogP contribution in [0.3, 0.4) is 0 Å². The lowest BCUT2D eigenvalue weighted by atomic mass is 10.0. The predicted molar refractivity (Wildman–Crippen MR) is 98.2 cm³/mol. The van der Waals surface area contributed by atoms with Crippen LogP contribution in [-0.2, 0) is 4.74 Å². The van der Waals surface area contributed by atoms with Crippen LogP contribution in [0.15, 0.2) is 28.9 Å². The molecule has 3 heteroatoms. The Balaban J connectivity index is 0.00000135. The molecule has 0 spiro atoms. The number of hydrogen-bond acceptors (Lipinski definition) is 3. The zero-order chi connectivity index (χ0) is 16.6. The standard InChI is InChI=1S/C16H28N2O.C3H8/c1-14-8-7-11-16(19-2)10-6-4-3-5-9-15(18-17)13-12-14;1-3-2/h6,8,10,16H,3-5,7,9,11-13,17H2,1-2H3;3H2,1-2H3/b10-6+,14-8-,18-15-;. The SMILES string of the molecule is CCC.COC1/C=C/CCCC/C(=N/N)CC/C(C)=C\CC1. The van der Waals surface area contributed by atoms with E-state index in [0.29, 0.717) is 0 Å². The largest absolute Gasteiger partial charge is 0.377 e. The van der Waals surface area contributed by atoms with E-state index in [1.165, 1.54) is 24.8 Å². The minimum absolute atomic E-state index is 0.258. The van der Waals surface area contributed by atoms with E-state index in [2.05, 4.69) is 44.1 Å². The zero-order valence-electron chi connectivity index (χ0n) is 15.1. The van der Waals surface area contributed by atoms with Crippen LogP contribution in [0.5, 0.6) is 0 Å². The van der Waals surface area contributed by atoms with Crippen LogP contribution < -0.4 is 5.84 Å². The molecule has 0 radical (unpaired) electrons. The average molecular weight is 309 g/mol. The maximum atomic E-state index is 5.47. The molecule has 0 aromatic rings. The highest BCUT2D eigenvalue weighted by atomic mass is 16.5. The van der Waals surface area contributed by atoms with Gasteiger partial charge in [-0.05, 0) is 58.3 Å². The fraction of sp³-hybridized carbons (Fsp3) is 0.737. The molecule has 128 valence electrons. The third-order valence-corrected chi connectivity index (χ3v) is 3.67. The third-order valence-electron chi connectivity index (χ3n) is 3.67. The Kier molecular flexibility index (Phi) is 14.1. The van der Waals surface area contributed by atoms with Crippen LogP contribution in [-0.4, -0.2) is 18.9 Å². The maximum absolute atomic E-state index is 5.47. The van der Waals surface area contributed by atoms with Gasteiger partial charge in [-0.15, -0.1) is 0 Å². The van der Waals surface area contributed by atoms with E-state index >= 15 is 0 Å². The topological polar surface area (TPSA) is 47.6 Å². The molecule has 0 aromatic carbocycles. The second kappa shape index (κ2) is 14.8. The van der Waals surface area contributed by atoms with E-state index in [1.807, 2.05) is 0 Å². The lowest BCUT2D eigenvalue weighted by Gasteiger charge is -2.11. The van der Waals surface area contributed by atoms with Crippen molar-refractivity contribution in [1.82, 2.24) is 0 Å². The Morgan fingerprint density at radius 2 is 1.91 bits per heavy atom. The zero-order valence-corrected chi connectivity index (χ0v) is 15.1. The van der Waals surface area contributed by atoms with Crippen molar-refractivity contribution in [3.8, 4) is 0 Å². The van der Waals surface area contributed by atoms with Gasteiger partial charge in [-0.1, -0.05) is 44.1 Å². The average Bonchev–Trinajstić information content (AvgIpc) is 2.52. The molecule has 0 saturated heterocycles. The van der Waals surface area contributed by atoms with Crippen molar-refractivity contribution in [3.05, 3.63) is 23.8 Å². The molecular weight excluding hydrogens is 272 g/mol. The van der Waals surface area contributed by atoms with Crippen molar-refractivity contribution in [3.63, 3.8) is 0 Å². The van der Waals surface area contributed by atoms with Crippen molar-refractivity contribution >= 4 is 5.71 Å². The molecule has 22 heavy (non-hydrogen) atoms. The van der Waals surface area contributed by atoms with Gasteiger partial charge in [0, 0.05) is 12.8 Å². The third kappa shape index (κ3) is 11.6. The van der Waals surface area contributed by atoms with Crippen molar-refractivity contribution < 1.29 is 4.74 Å². The van der Waals surface area contributed by atoms with Crippen LogP contribution in [0.4, 0.5) is 0 Å². The van der Waals surface area contributed by atoms with Crippen molar-refractivity contribution in [2.75, 3.05) is 7.11 Å². The number of nitrogens with two attached hydrogens (primary N) is 1. The molecule has 1 aliphatic carbocycles. The van der Waals surface area contributed by atoms with Crippen LogP contribution >= 0.6 is 0 Å². The molecule has 1 unspecified atom stereocenters. The van der Waals surface area contributed by atoms with Gasteiger partial charge in [-0.3, -0.25) is 0 Å². The quantitative estimate of drug-likeness (QED) is 0.402. The Bertz CT molecular complexity index is 345. The number of nitrogens with zero attached hydrogens (tertiary/aromatic N) is 1. The lowest BCUT2D eigenvalue weighted by Crippen LogP contribution is -2.06. The van der Waals surface area contributed by atoms with Gasteiger partial charge in [0.2, 0.25) is 0 Å². The molecule has 1 rings (SSSR count). The van der Waals surface area contributed by atoms with Crippen molar-refractivity contribution in [2.45, 2.75) is 84.7 Å². The molecule has 1 aliphatic rings. The summed E-state index contributed by atoms with van der Waals surface area (Å²) in [6.07, 6.45) is 17.0. The molecule has 1 atom stereocenters. The Labute approximate surface area is 137 Å². The minimum atomic E-state index is 0.258. The van der Waals surface area contributed by atoms with E-state index < -0.39 is 0 Å². The molecule has 0 heterocycles. The van der Waals surface area contributed by atoms with E-state index in [-0.39, 0.29) is 6.10 Å². The number of rotatable bonds is 1. The lowest BCUT2D eigenvalue weighted by molar-refractivity contribution is 0.134. The molecule has 0 aromatic heterocycles. The summed E-state index contributed by atoms with van der Waals surface area (Å²) in [7, 11) is 1.79. The summed E-state index contributed by atoms with van der Waals surface area (Å²) in [5, 5.41) is 3.93. The van der Waals surface area contributed by atoms with E-state index in [9.17, 15) is 0 Å². The number of ether oxygens (including phenoxy) is 1. The first-order valence-electron chi connectivity index (χ1n) is 8.78. The van der Waals surface area contributed by atoms with Crippen molar-refractivity contribution in [2.24, 2.45) is 10.9 Å². The van der Waals surface area contributed by atoms with Crippen LogP contribution in [0.1, 0.15) is 78.6 Å². The normalized spacial score (nSPS) is 27.0. The molecule has 0 aliphatic heterocycles. The van der Waals surface area contributed by atoms with E-state index in [4.69, 9.17) is 10.6 Å². The van der Waals surface area contributed by atoms with Gasteiger partial charge in [0.1, 0.15) is 0 Å². The fourth-order valence-corrected chi connectivity index (χ4v) is 2.32. The minimum Gasteiger partial charge on any atom is -0.377 e. The molecule has 0 fully saturated rings. The fourth-order valence-electron chi connectivity index (χ4n) is 2.32.